The zero-order chi connectivity index (χ0) is 13.2. The van der Waals surface area contributed by atoms with E-state index in [4.69, 9.17) is 0 Å². The van der Waals surface area contributed by atoms with Gasteiger partial charge in [0, 0.05) is 5.56 Å². The van der Waals surface area contributed by atoms with Crippen LogP contribution in [0.3, 0.4) is 0 Å². The Morgan fingerprint density at radius 3 is 2.89 bits per heavy atom. The van der Waals surface area contributed by atoms with Gasteiger partial charge in [-0.05, 0) is 30.3 Å². The van der Waals surface area contributed by atoms with Gasteiger partial charge in [-0.25, -0.2) is 9.78 Å². The van der Waals surface area contributed by atoms with Gasteiger partial charge in [-0.3, -0.25) is 0 Å². The van der Waals surface area contributed by atoms with Crippen LogP contribution in [-0.2, 0) is 4.79 Å². The number of hydrogen-bond acceptors (Lipinski definition) is 5. The minimum atomic E-state index is 0.211. The highest BCUT2D eigenvalue weighted by atomic mass is 32.1. The topological polar surface area (TPSA) is 62.5 Å². The van der Waals surface area contributed by atoms with Gasteiger partial charge < -0.3 is 5.11 Å². The summed E-state index contributed by atoms with van der Waals surface area (Å²) in [6.07, 6.45) is 1.52. The molecule has 0 amide bonds. The van der Waals surface area contributed by atoms with E-state index in [9.17, 15) is 9.90 Å². The van der Waals surface area contributed by atoms with Gasteiger partial charge in [-0.2, -0.15) is 4.99 Å². The lowest BCUT2D eigenvalue weighted by molar-refractivity contribution is 0.475. The van der Waals surface area contributed by atoms with Crippen molar-refractivity contribution >= 4 is 33.3 Å². The maximum absolute atomic E-state index is 10.2. The van der Waals surface area contributed by atoms with E-state index in [1.807, 2.05) is 12.1 Å². The van der Waals surface area contributed by atoms with Crippen molar-refractivity contribution in [3.8, 4) is 16.3 Å². The molecule has 0 atom stereocenters. The molecule has 0 aliphatic rings. The van der Waals surface area contributed by atoms with Crippen LogP contribution in [-0.4, -0.2) is 16.2 Å². The van der Waals surface area contributed by atoms with E-state index in [1.54, 1.807) is 30.3 Å². The van der Waals surface area contributed by atoms with Crippen molar-refractivity contribution in [1.29, 1.82) is 0 Å². The fourth-order valence-corrected chi connectivity index (χ4v) is 2.79. The van der Waals surface area contributed by atoms with Crippen LogP contribution >= 0.6 is 11.3 Å². The van der Waals surface area contributed by atoms with Crippen LogP contribution in [0.4, 0.5) is 5.69 Å². The number of phenolic OH excluding ortho intramolecular Hbond substituents is 1. The molecule has 5 heteroatoms. The number of fused-ring (bicyclic) bond motifs is 1. The third-order valence-electron chi connectivity index (χ3n) is 2.64. The molecule has 2 aromatic carbocycles. The number of benzene rings is 2. The molecule has 1 aromatic heterocycles. The van der Waals surface area contributed by atoms with Gasteiger partial charge in [0.2, 0.25) is 6.08 Å². The lowest BCUT2D eigenvalue weighted by Gasteiger charge is -1.95. The molecule has 1 N–H and O–H groups in total. The van der Waals surface area contributed by atoms with Crippen molar-refractivity contribution in [3.05, 3.63) is 42.5 Å². The maximum Gasteiger partial charge on any atom is 0.240 e. The SMILES string of the molecule is O=C=Nc1ccc2nc(-c3cccc(O)c3)sc2c1. The molecule has 92 valence electrons. The van der Waals surface area contributed by atoms with Crippen LogP contribution < -0.4 is 0 Å². The number of aromatic hydroxyl groups is 1. The predicted octanol–water partition coefficient (Wildman–Crippen LogP) is 3.64. The van der Waals surface area contributed by atoms with Gasteiger partial charge >= 0.3 is 0 Å². The first-order valence-corrected chi connectivity index (χ1v) is 6.36. The van der Waals surface area contributed by atoms with E-state index in [2.05, 4.69) is 9.98 Å². The van der Waals surface area contributed by atoms with Gasteiger partial charge in [0.1, 0.15) is 10.8 Å². The Hall–Kier alpha value is -2.49. The molecule has 0 aliphatic carbocycles. The Balaban J connectivity index is 2.13. The van der Waals surface area contributed by atoms with Crippen molar-refractivity contribution in [2.75, 3.05) is 0 Å². The highest BCUT2D eigenvalue weighted by Crippen LogP contribution is 2.33. The average Bonchev–Trinajstić information content (AvgIpc) is 2.82. The van der Waals surface area contributed by atoms with E-state index < -0.39 is 0 Å². The lowest BCUT2D eigenvalue weighted by atomic mass is 10.2. The van der Waals surface area contributed by atoms with Crippen molar-refractivity contribution in [1.82, 2.24) is 4.98 Å². The first-order chi connectivity index (χ1) is 9.26. The molecule has 0 unspecified atom stereocenters. The second-order valence-electron chi connectivity index (χ2n) is 3.92. The Morgan fingerprint density at radius 1 is 1.21 bits per heavy atom. The molecular weight excluding hydrogens is 260 g/mol. The second kappa shape index (κ2) is 4.65. The molecule has 0 saturated carbocycles. The van der Waals surface area contributed by atoms with Gasteiger partial charge in [-0.1, -0.05) is 12.1 Å². The number of phenols is 1. The summed E-state index contributed by atoms with van der Waals surface area (Å²) in [5.41, 5.74) is 2.27. The van der Waals surface area contributed by atoms with E-state index in [1.165, 1.54) is 17.4 Å². The fraction of sp³-hybridized carbons (Fsp3) is 0. The summed E-state index contributed by atoms with van der Waals surface area (Å²) in [4.78, 5) is 18.3. The van der Waals surface area contributed by atoms with Crippen molar-refractivity contribution in [2.24, 2.45) is 4.99 Å². The third kappa shape index (κ3) is 2.25. The van der Waals surface area contributed by atoms with E-state index in [-0.39, 0.29) is 5.75 Å². The molecule has 3 aromatic rings. The monoisotopic (exact) mass is 268 g/mol. The van der Waals surface area contributed by atoms with Crippen molar-refractivity contribution in [2.45, 2.75) is 0 Å². The summed E-state index contributed by atoms with van der Waals surface area (Å²) in [5.74, 6) is 0.211. The van der Waals surface area contributed by atoms with Crippen LogP contribution in [0.2, 0.25) is 0 Å². The van der Waals surface area contributed by atoms with Crippen LogP contribution in [0.15, 0.2) is 47.5 Å². The van der Waals surface area contributed by atoms with E-state index in [0.29, 0.717) is 5.69 Å². The average molecular weight is 268 g/mol. The number of nitrogens with zero attached hydrogens (tertiary/aromatic N) is 2. The molecule has 0 saturated heterocycles. The summed E-state index contributed by atoms with van der Waals surface area (Å²) in [7, 11) is 0. The summed E-state index contributed by atoms with van der Waals surface area (Å²) >= 11 is 1.49. The van der Waals surface area contributed by atoms with Crippen LogP contribution in [0, 0.1) is 0 Å². The quantitative estimate of drug-likeness (QED) is 0.570. The number of aromatic nitrogens is 1. The summed E-state index contributed by atoms with van der Waals surface area (Å²) < 4.78 is 0.940. The maximum atomic E-state index is 10.2. The minimum absolute atomic E-state index is 0.211. The first kappa shape index (κ1) is 11.6. The molecule has 1 heterocycles. The van der Waals surface area contributed by atoms with Crippen LogP contribution in [0.5, 0.6) is 5.75 Å². The van der Waals surface area contributed by atoms with Gasteiger partial charge in [-0.15, -0.1) is 11.3 Å². The molecule has 0 bridgehead atoms. The standard InChI is InChI=1S/C14H8N2O2S/c17-8-15-10-4-5-12-13(7-10)19-14(16-12)9-2-1-3-11(18)6-9/h1-7,18H. The largest absolute Gasteiger partial charge is 0.508 e. The number of thiazole rings is 1. The third-order valence-corrected chi connectivity index (χ3v) is 3.71. The Labute approximate surface area is 112 Å². The second-order valence-corrected chi connectivity index (χ2v) is 4.96. The molecule has 0 aliphatic heterocycles. The summed E-state index contributed by atoms with van der Waals surface area (Å²) in [5, 5.41) is 10.3. The van der Waals surface area contributed by atoms with Crippen molar-refractivity contribution in [3.63, 3.8) is 0 Å². The molecule has 0 radical (unpaired) electrons. The van der Waals surface area contributed by atoms with E-state index in [0.717, 1.165) is 20.8 Å². The first-order valence-electron chi connectivity index (χ1n) is 5.54. The zero-order valence-corrected chi connectivity index (χ0v) is 10.5. The number of hydrogen-bond donors (Lipinski definition) is 1. The molecule has 3 rings (SSSR count). The molecule has 0 fully saturated rings. The van der Waals surface area contributed by atoms with E-state index >= 15 is 0 Å². The smallest absolute Gasteiger partial charge is 0.240 e. The highest BCUT2D eigenvalue weighted by molar-refractivity contribution is 7.21. The lowest BCUT2D eigenvalue weighted by Crippen LogP contribution is -1.74. The molecule has 4 nitrogen and oxygen atoms in total. The Morgan fingerprint density at radius 2 is 2.11 bits per heavy atom. The number of aliphatic imine (C=N–C) groups is 1. The van der Waals surface area contributed by atoms with Crippen LogP contribution in [0.1, 0.15) is 0 Å². The molecular formula is C14H8N2O2S. The summed E-state index contributed by atoms with van der Waals surface area (Å²) in [6.45, 7) is 0. The molecule has 0 spiro atoms. The fourth-order valence-electron chi connectivity index (χ4n) is 1.80. The van der Waals surface area contributed by atoms with Crippen molar-refractivity contribution < 1.29 is 9.90 Å². The highest BCUT2D eigenvalue weighted by Gasteiger charge is 2.07. The van der Waals surface area contributed by atoms with Crippen LogP contribution in [0.25, 0.3) is 20.8 Å². The number of rotatable bonds is 2. The van der Waals surface area contributed by atoms with Gasteiger partial charge in [0.15, 0.2) is 0 Å². The molecule has 19 heavy (non-hydrogen) atoms. The normalized spacial score (nSPS) is 10.3. The Kier molecular flexibility index (Phi) is 2.83. The Bertz CT molecular complexity index is 804. The number of isocyanates is 1. The number of carbonyl (C=O) groups excluding carboxylic acids is 1. The van der Waals surface area contributed by atoms with Gasteiger partial charge in [0.25, 0.3) is 0 Å². The van der Waals surface area contributed by atoms with Gasteiger partial charge in [0.05, 0.1) is 15.9 Å². The minimum Gasteiger partial charge on any atom is -0.508 e. The zero-order valence-electron chi connectivity index (χ0n) is 9.70. The summed E-state index contributed by atoms with van der Waals surface area (Å²) in [6, 6.07) is 12.3. The predicted molar refractivity (Wildman–Crippen MR) is 74.5 cm³/mol.